The molecule has 0 saturated heterocycles. The fourth-order valence-corrected chi connectivity index (χ4v) is 5.94. The van der Waals surface area contributed by atoms with Gasteiger partial charge in [-0.15, -0.1) is 11.3 Å². The van der Waals surface area contributed by atoms with Gasteiger partial charge in [0, 0.05) is 6.04 Å². The Bertz CT molecular complexity index is 1100. The van der Waals surface area contributed by atoms with Crippen molar-refractivity contribution in [1.82, 2.24) is 14.9 Å². The normalized spacial score (nSPS) is 17.1. The van der Waals surface area contributed by atoms with Gasteiger partial charge in [0.2, 0.25) is 5.91 Å². The first-order chi connectivity index (χ1) is 14.2. The molecule has 150 valence electrons. The van der Waals surface area contributed by atoms with Gasteiger partial charge < -0.3 is 5.32 Å². The molecule has 7 heteroatoms. The number of hydrogen-bond donors (Lipinski definition) is 1. The number of hydrogen-bond acceptors (Lipinski definition) is 5. The predicted octanol–water partition coefficient (Wildman–Crippen LogP) is 4.48. The molecule has 29 heavy (non-hydrogen) atoms. The number of benzene rings is 1. The van der Waals surface area contributed by atoms with E-state index in [2.05, 4.69) is 10.7 Å². The summed E-state index contributed by atoms with van der Waals surface area (Å²) in [6.07, 6.45) is 6.79. The van der Waals surface area contributed by atoms with Crippen LogP contribution in [0.5, 0.6) is 0 Å². The van der Waals surface area contributed by atoms with Crippen LogP contribution in [-0.4, -0.2) is 27.3 Å². The van der Waals surface area contributed by atoms with E-state index in [1.165, 1.54) is 35.9 Å². The quantitative estimate of drug-likeness (QED) is 0.467. The average Bonchev–Trinajstić information content (AvgIpc) is 3.27. The van der Waals surface area contributed by atoms with Crippen molar-refractivity contribution in [1.29, 1.82) is 0 Å². The molecule has 2 saturated carbocycles. The second-order valence-electron chi connectivity index (χ2n) is 7.85. The Balaban J connectivity index is 1.49. The average molecular weight is 426 g/mol. The Morgan fingerprint density at radius 2 is 1.93 bits per heavy atom. The Morgan fingerprint density at radius 3 is 2.66 bits per heavy atom. The third-order valence-corrected chi connectivity index (χ3v) is 7.52. The van der Waals surface area contributed by atoms with Crippen LogP contribution in [0.4, 0.5) is 0 Å². The third kappa shape index (κ3) is 3.85. The van der Waals surface area contributed by atoms with Gasteiger partial charge in [0.1, 0.15) is 4.83 Å². The molecule has 0 radical (unpaired) electrons. The Hall–Kier alpha value is -2.12. The summed E-state index contributed by atoms with van der Waals surface area (Å²) in [5.74, 6) is 0.779. The molecule has 3 aromatic rings. The zero-order chi connectivity index (χ0) is 19.8. The van der Waals surface area contributed by atoms with Crippen molar-refractivity contribution in [3.05, 3.63) is 51.6 Å². The number of rotatable bonds is 6. The van der Waals surface area contributed by atoms with Gasteiger partial charge in [-0.1, -0.05) is 42.8 Å². The van der Waals surface area contributed by atoms with E-state index in [-0.39, 0.29) is 17.2 Å². The molecule has 5 rings (SSSR count). The predicted molar refractivity (Wildman–Crippen MR) is 118 cm³/mol. The molecular formula is C22H23N3O2S2. The van der Waals surface area contributed by atoms with Crippen LogP contribution in [0.2, 0.25) is 0 Å². The van der Waals surface area contributed by atoms with Gasteiger partial charge in [0.15, 0.2) is 5.16 Å². The van der Waals surface area contributed by atoms with Crippen molar-refractivity contribution in [3.63, 3.8) is 0 Å². The summed E-state index contributed by atoms with van der Waals surface area (Å²) >= 11 is 2.88. The maximum Gasteiger partial charge on any atom is 0.267 e. The van der Waals surface area contributed by atoms with Crippen LogP contribution < -0.4 is 10.9 Å². The molecule has 2 fully saturated rings. The number of amides is 1. The van der Waals surface area contributed by atoms with E-state index in [1.807, 2.05) is 30.3 Å². The van der Waals surface area contributed by atoms with Crippen LogP contribution in [0.3, 0.4) is 0 Å². The molecule has 1 N–H and O–H groups in total. The SMILES string of the molecule is O=C(CSc1nc2scc(C3CC3)c2c(=O)n1-c1ccccc1)NC1CCCC1. The summed E-state index contributed by atoms with van der Waals surface area (Å²) < 4.78 is 1.68. The topological polar surface area (TPSA) is 64.0 Å². The minimum absolute atomic E-state index is 0.0145. The summed E-state index contributed by atoms with van der Waals surface area (Å²) in [4.78, 5) is 31.5. The van der Waals surface area contributed by atoms with Crippen LogP contribution in [0, 0.1) is 0 Å². The van der Waals surface area contributed by atoms with Crippen molar-refractivity contribution in [2.24, 2.45) is 0 Å². The minimum atomic E-state index is -0.0250. The molecule has 0 unspecified atom stereocenters. The van der Waals surface area contributed by atoms with E-state index < -0.39 is 0 Å². The first-order valence-electron chi connectivity index (χ1n) is 10.2. The fraction of sp³-hybridized carbons (Fsp3) is 0.409. The van der Waals surface area contributed by atoms with Crippen LogP contribution in [0.25, 0.3) is 15.9 Å². The molecule has 2 aromatic heterocycles. The van der Waals surface area contributed by atoms with Crippen LogP contribution in [0.15, 0.2) is 45.7 Å². The van der Waals surface area contributed by atoms with Crippen LogP contribution in [-0.2, 0) is 4.79 Å². The highest BCUT2D eigenvalue weighted by Gasteiger charge is 2.29. The molecule has 0 spiro atoms. The van der Waals surface area contributed by atoms with Crippen molar-refractivity contribution in [3.8, 4) is 5.69 Å². The molecular weight excluding hydrogens is 402 g/mol. The number of carbonyl (C=O) groups is 1. The van der Waals surface area contributed by atoms with Crippen LogP contribution in [0.1, 0.15) is 50.0 Å². The molecule has 0 atom stereocenters. The van der Waals surface area contributed by atoms with Gasteiger partial charge >= 0.3 is 0 Å². The lowest BCUT2D eigenvalue weighted by atomic mass is 10.1. The minimum Gasteiger partial charge on any atom is -0.353 e. The Kier molecular flexibility index (Phi) is 5.18. The van der Waals surface area contributed by atoms with Crippen molar-refractivity contribution in [2.75, 3.05) is 5.75 Å². The molecule has 2 heterocycles. The summed E-state index contributed by atoms with van der Waals surface area (Å²) in [5.41, 5.74) is 1.91. The van der Waals surface area contributed by atoms with E-state index in [0.717, 1.165) is 47.2 Å². The number of fused-ring (bicyclic) bond motifs is 1. The highest BCUT2D eigenvalue weighted by molar-refractivity contribution is 7.99. The lowest BCUT2D eigenvalue weighted by Gasteiger charge is -2.14. The maximum absolute atomic E-state index is 13.5. The highest BCUT2D eigenvalue weighted by Crippen LogP contribution is 2.44. The monoisotopic (exact) mass is 425 g/mol. The molecule has 1 amide bonds. The van der Waals surface area contributed by atoms with E-state index in [1.54, 1.807) is 4.57 Å². The largest absolute Gasteiger partial charge is 0.353 e. The van der Waals surface area contributed by atoms with Crippen molar-refractivity contribution in [2.45, 2.75) is 55.6 Å². The number of para-hydroxylation sites is 1. The molecule has 1 aromatic carbocycles. The lowest BCUT2D eigenvalue weighted by molar-refractivity contribution is -0.119. The zero-order valence-corrected chi connectivity index (χ0v) is 17.7. The van der Waals surface area contributed by atoms with Gasteiger partial charge in [0.05, 0.1) is 16.8 Å². The number of aromatic nitrogens is 2. The second kappa shape index (κ2) is 7.95. The number of thioether (sulfide) groups is 1. The van der Waals surface area contributed by atoms with Crippen molar-refractivity contribution >= 4 is 39.2 Å². The molecule has 2 aliphatic rings. The number of nitrogens with one attached hydrogen (secondary N) is 1. The Morgan fingerprint density at radius 1 is 1.17 bits per heavy atom. The highest BCUT2D eigenvalue weighted by atomic mass is 32.2. The maximum atomic E-state index is 13.5. The second-order valence-corrected chi connectivity index (χ2v) is 9.65. The number of thiophene rings is 1. The number of carbonyl (C=O) groups excluding carboxylic acids is 1. The Labute approximate surface area is 177 Å². The zero-order valence-electron chi connectivity index (χ0n) is 16.1. The van der Waals surface area contributed by atoms with Gasteiger partial charge in [0.25, 0.3) is 5.56 Å². The van der Waals surface area contributed by atoms with E-state index >= 15 is 0 Å². The van der Waals surface area contributed by atoms with Crippen LogP contribution >= 0.6 is 23.1 Å². The van der Waals surface area contributed by atoms with E-state index in [0.29, 0.717) is 17.1 Å². The summed E-state index contributed by atoms with van der Waals surface area (Å²) in [6.45, 7) is 0. The molecule has 0 bridgehead atoms. The molecule has 2 aliphatic carbocycles. The van der Waals surface area contributed by atoms with Gasteiger partial charge in [-0.2, -0.15) is 0 Å². The van der Waals surface area contributed by atoms with Gasteiger partial charge in [-0.25, -0.2) is 4.98 Å². The smallest absolute Gasteiger partial charge is 0.267 e. The molecule has 0 aliphatic heterocycles. The first kappa shape index (κ1) is 18.9. The van der Waals surface area contributed by atoms with E-state index in [4.69, 9.17) is 4.98 Å². The number of nitrogens with zero attached hydrogens (tertiary/aromatic N) is 2. The van der Waals surface area contributed by atoms with E-state index in [9.17, 15) is 9.59 Å². The van der Waals surface area contributed by atoms with Gasteiger partial charge in [-0.3, -0.25) is 14.2 Å². The summed E-state index contributed by atoms with van der Waals surface area (Å²) in [5, 5.41) is 6.54. The summed E-state index contributed by atoms with van der Waals surface area (Å²) in [6, 6.07) is 9.91. The standard InChI is InChI=1S/C22H23N3O2S2/c26-18(23-15-6-4-5-7-15)13-29-22-24-20-19(17(12-28-20)14-10-11-14)21(27)25(22)16-8-2-1-3-9-16/h1-3,8-9,12,14-15H,4-7,10-11,13H2,(H,23,26). The van der Waals surface area contributed by atoms with Gasteiger partial charge in [-0.05, 0) is 54.7 Å². The third-order valence-electron chi connectivity index (χ3n) is 5.69. The first-order valence-corrected chi connectivity index (χ1v) is 12.1. The summed E-state index contributed by atoms with van der Waals surface area (Å²) in [7, 11) is 0. The molecule has 5 nitrogen and oxygen atoms in total. The van der Waals surface area contributed by atoms with Crippen molar-refractivity contribution < 1.29 is 4.79 Å². The lowest BCUT2D eigenvalue weighted by Crippen LogP contribution is -2.34. The fourth-order valence-electron chi connectivity index (χ4n) is 4.06.